The molecule has 0 aliphatic carbocycles. The van der Waals surface area contributed by atoms with Gasteiger partial charge in [-0.05, 0) is 31.4 Å². The Morgan fingerprint density at radius 2 is 2.13 bits per heavy atom. The molecule has 1 amide bonds. The first-order valence-corrected chi connectivity index (χ1v) is 7.56. The predicted octanol–water partition coefficient (Wildman–Crippen LogP) is 3.50. The Kier molecular flexibility index (Phi) is 5.51. The molecule has 0 fully saturated rings. The summed E-state index contributed by atoms with van der Waals surface area (Å²) in [7, 11) is 0. The SMILES string of the molecule is CCCCc1cccc(C(=O)Nc2cc(C)no2)c1OC(C)=O. The number of nitrogens with zero attached hydrogens (tertiary/aromatic N) is 1. The molecule has 0 bridgehead atoms. The Labute approximate surface area is 134 Å². The van der Waals surface area contributed by atoms with Crippen molar-refractivity contribution in [1.29, 1.82) is 0 Å². The highest BCUT2D eigenvalue weighted by atomic mass is 16.5. The van der Waals surface area contributed by atoms with Crippen LogP contribution in [0.25, 0.3) is 0 Å². The fourth-order valence-corrected chi connectivity index (χ4v) is 2.19. The molecular weight excluding hydrogens is 296 g/mol. The predicted molar refractivity (Wildman–Crippen MR) is 85.6 cm³/mol. The molecule has 0 aliphatic heterocycles. The molecule has 0 radical (unpaired) electrons. The van der Waals surface area contributed by atoms with Crippen molar-refractivity contribution in [2.24, 2.45) is 0 Å². The van der Waals surface area contributed by atoms with Crippen LogP contribution in [0.3, 0.4) is 0 Å². The number of benzene rings is 1. The first-order valence-electron chi connectivity index (χ1n) is 7.56. The van der Waals surface area contributed by atoms with Gasteiger partial charge in [-0.1, -0.05) is 30.6 Å². The molecule has 0 spiro atoms. The molecule has 0 unspecified atom stereocenters. The van der Waals surface area contributed by atoms with Crippen LogP contribution in [0.1, 0.15) is 48.3 Å². The van der Waals surface area contributed by atoms with Gasteiger partial charge in [0.1, 0.15) is 5.75 Å². The van der Waals surface area contributed by atoms with E-state index in [1.54, 1.807) is 25.1 Å². The zero-order valence-electron chi connectivity index (χ0n) is 13.5. The second kappa shape index (κ2) is 7.58. The number of unbranched alkanes of at least 4 members (excludes halogenated alkanes) is 1. The fraction of sp³-hybridized carbons (Fsp3) is 0.353. The number of carbonyl (C=O) groups is 2. The maximum Gasteiger partial charge on any atom is 0.308 e. The summed E-state index contributed by atoms with van der Waals surface area (Å²) in [6, 6.07) is 6.87. The minimum absolute atomic E-state index is 0.250. The summed E-state index contributed by atoms with van der Waals surface area (Å²) in [5, 5.41) is 6.33. The third-order valence-corrected chi connectivity index (χ3v) is 3.25. The third kappa shape index (κ3) is 4.42. The van der Waals surface area contributed by atoms with E-state index in [-0.39, 0.29) is 5.88 Å². The summed E-state index contributed by atoms with van der Waals surface area (Å²) in [5.74, 6) is -0.309. The Morgan fingerprint density at radius 1 is 1.35 bits per heavy atom. The third-order valence-electron chi connectivity index (χ3n) is 3.25. The van der Waals surface area contributed by atoms with Gasteiger partial charge >= 0.3 is 5.97 Å². The number of ether oxygens (including phenoxy) is 1. The van der Waals surface area contributed by atoms with Gasteiger partial charge in [0, 0.05) is 13.0 Å². The molecule has 6 heteroatoms. The van der Waals surface area contributed by atoms with E-state index in [1.807, 2.05) is 6.07 Å². The lowest BCUT2D eigenvalue weighted by molar-refractivity contribution is -0.131. The molecule has 0 aliphatic rings. The van der Waals surface area contributed by atoms with Crippen LogP contribution in [0.4, 0.5) is 5.88 Å². The van der Waals surface area contributed by atoms with Crippen molar-refractivity contribution in [3.63, 3.8) is 0 Å². The van der Waals surface area contributed by atoms with E-state index in [0.29, 0.717) is 17.0 Å². The van der Waals surface area contributed by atoms with Crippen LogP contribution < -0.4 is 10.1 Å². The normalized spacial score (nSPS) is 10.4. The highest BCUT2D eigenvalue weighted by molar-refractivity contribution is 6.06. The van der Waals surface area contributed by atoms with Crippen LogP contribution >= 0.6 is 0 Å². The average molecular weight is 316 g/mol. The van der Waals surface area contributed by atoms with Gasteiger partial charge in [-0.2, -0.15) is 0 Å². The van der Waals surface area contributed by atoms with E-state index in [0.717, 1.165) is 24.8 Å². The minimum Gasteiger partial charge on any atom is -0.426 e. The van der Waals surface area contributed by atoms with Crippen molar-refractivity contribution in [2.45, 2.75) is 40.0 Å². The van der Waals surface area contributed by atoms with Crippen LogP contribution in [0.15, 0.2) is 28.8 Å². The molecule has 6 nitrogen and oxygen atoms in total. The van der Waals surface area contributed by atoms with Gasteiger partial charge in [0.2, 0.25) is 5.88 Å². The van der Waals surface area contributed by atoms with Gasteiger partial charge < -0.3 is 9.26 Å². The summed E-state index contributed by atoms with van der Waals surface area (Å²) >= 11 is 0. The van der Waals surface area contributed by atoms with Crippen molar-refractivity contribution < 1.29 is 18.8 Å². The summed E-state index contributed by atoms with van der Waals surface area (Å²) in [5.41, 5.74) is 1.79. The summed E-state index contributed by atoms with van der Waals surface area (Å²) in [4.78, 5) is 23.9. The zero-order chi connectivity index (χ0) is 16.8. The van der Waals surface area contributed by atoms with Gasteiger partial charge in [-0.25, -0.2) is 0 Å². The summed E-state index contributed by atoms with van der Waals surface area (Å²) < 4.78 is 10.3. The Bertz CT molecular complexity index is 706. The van der Waals surface area contributed by atoms with Gasteiger partial charge in [0.25, 0.3) is 5.91 Å². The molecule has 1 aromatic carbocycles. The Morgan fingerprint density at radius 3 is 2.74 bits per heavy atom. The smallest absolute Gasteiger partial charge is 0.308 e. The second-order valence-electron chi connectivity index (χ2n) is 5.28. The largest absolute Gasteiger partial charge is 0.426 e. The van der Waals surface area contributed by atoms with Gasteiger partial charge in [-0.3, -0.25) is 14.9 Å². The van der Waals surface area contributed by atoms with E-state index in [9.17, 15) is 9.59 Å². The highest BCUT2D eigenvalue weighted by Crippen LogP contribution is 2.27. The van der Waals surface area contributed by atoms with Crippen LogP contribution in [0, 0.1) is 6.92 Å². The Hall–Kier alpha value is -2.63. The van der Waals surface area contributed by atoms with Gasteiger partial charge in [0.15, 0.2) is 0 Å². The number of rotatable bonds is 6. The monoisotopic (exact) mass is 316 g/mol. The molecule has 1 N–H and O–H groups in total. The van der Waals surface area contributed by atoms with E-state index in [2.05, 4.69) is 17.4 Å². The number of nitrogens with one attached hydrogen (secondary N) is 1. The van der Waals surface area contributed by atoms with Gasteiger partial charge in [0.05, 0.1) is 11.3 Å². The first kappa shape index (κ1) is 16.7. The number of carbonyl (C=O) groups excluding carboxylic acids is 2. The number of anilines is 1. The number of amides is 1. The molecule has 1 aromatic heterocycles. The standard InChI is InChI=1S/C17H20N2O4/c1-4-5-7-13-8-6-9-14(16(13)22-12(3)20)17(21)18-15-10-11(2)19-23-15/h6,8-10H,4-5,7H2,1-3H3,(H,18,21). The molecular formula is C17H20N2O4. The number of para-hydroxylation sites is 1. The van der Waals surface area contributed by atoms with Crippen LogP contribution in [-0.4, -0.2) is 17.0 Å². The van der Waals surface area contributed by atoms with E-state index >= 15 is 0 Å². The lowest BCUT2D eigenvalue weighted by Crippen LogP contribution is -2.16. The summed E-state index contributed by atoms with van der Waals surface area (Å²) in [6.45, 7) is 5.15. The number of hydrogen-bond donors (Lipinski definition) is 1. The van der Waals surface area contributed by atoms with Crippen LogP contribution in [-0.2, 0) is 11.2 Å². The maximum atomic E-state index is 12.5. The number of esters is 1. The van der Waals surface area contributed by atoms with Crippen molar-refractivity contribution in [2.75, 3.05) is 5.32 Å². The molecule has 0 saturated carbocycles. The van der Waals surface area contributed by atoms with Crippen LogP contribution in [0.5, 0.6) is 5.75 Å². The lowest BCUT2D eigenvalue weighted by Gasteiger charge is -2.13. The topological polar surface area (TPSA) is 81.4 Å². The van der Waals surface area contributed by atoms with Crippen molar-refractivity contribution >= 4 is 17.8 Å². The fourth-order valence-electron chi connectivity index (χ4n) is 2.19. The summed E-state index contributed by atoms with van der Waals surface area (Å²) in [6.07, 6.45) is 2.69. The van der Waals surface area contributed by atoms with Crippen molar-refractivity contribution in [3.8, 4) is 5.75 Å². The molecule has 0 saturated heterocycles. The highest BCUT2D eigenvalue weighted by Gasteiger charge is 2.19. The van der Waals surface area contributed by atoms with Gasteiger partial charge in [-0.15, -0.1) is 0 Å². The molecule has 1 heterocycles. The number of aromatic nitrogens is 1. The maximum absolute atomic E-state index is 12.5. The first-order chi connectivity index (χ1) is 11.0. The molecule has 23 heavy (non-hydrogen) atoms. The number of hydrogen-bond acceptors (Lipinski definition) is 5. The molecule has 0 atom stereocenters. The number of aryl methyl sites for hydroxylation is 2. The van der Waals surface area contributed by atoms with Crippen LogP contribution in [0.2, 0.25) is 0 Å². The van der Waals surface area contributed by atoms with Crippen molar-refractivity contribution in [3.05, 3.63) is 41.1 Å². The molecule has 2 rings (SSSR count). The molecule has 122 valence electrons. The molecule has 2 aromatic rings. The van der Waals surface area contributed by atoms with Crippen molar-refractivity contribution in [1.82, 2.24) is 5.16 Å². The lowest BCUT2D eigenvalue weighted by atomic mass is 10.0. The zero-order valence-corrected chi connectivity index (χ0v) is 13.5. The quantitative estimate of drug-likeness (QED) is 0.651. The van der Waals surface area contributed by atoms with E-state index < -0.39 is 11.9 Å². The second-order valence-corrected chi connectivity index (χ2v) is 5.28. The minimum atomic E-state index is -0.460. The van der Waals surface area contributed by atoms with E-state index in [4.69, 9.17) is 9.26 Å². The average Bonchev–Trinajstić information content (AvgIpc) is 2.90. The Balaban J connectivity index is 2.31. The van der Waals surface area contributed by atoms with E-state index in [1.165, 1.54) is 6.92 Å².